The van der Waals surface area contributed by atoms with Crippen LogP contribution in [0.25, 0.3) is 0 Å². The van der Waals surface area contributed by atoms with E-state index in [4.69, 9.17) is 0 Å². The molecule has 0 aliphatic carbocycles. The lowest BCUT2D eigenvalue weighted by Crippen LogP contribution is -2.43. The molecular formula is C25H29N7O. The maximum Gasteiger partial charge on any atom is 0.248 e. The number of carbonyl (C=O) groups excluding carboxylic acids is 1. The third kappa shape index (κ3) is 7.13. The van der Waals surface area contributed by atoms with Crippen LogP contribution in [0.15, 0.2) is 73.1 Å². The predicted octanol–water partition coefficient (Wildman–Crippen LogP) is 3.67. The van der Waals surface area contributed by atoms with Crippen LogP contribution in [0.4, 0.5) is 28.7 Å². The van der Waals surface area contributed by atoms with E-state index in [2.05, 4.69) is 42.2 Å². The first kappa shape index (κ1) is 22.4. The lowest BCUT2D eigenvalue weighted by molar-refractivity contribution is -0.111. The number of hydrogen-bond donors (Lipinski definition) is 4. The van der Waals surface area contributed by atoms with E-state index in [1.807, 2.05) is 61.5 Å². The minimum Gasteiger partial charge on any atom is -0.340 e. The van der Waals surface area contributed by atoms with Gasteiger partial charge in [-0.1, -0.05) is 24.3 Å². The predicted molar refractivity (Wildman–Crippen MR) is 133 cm³/mol. The summed E-state index contributed by atoms with van der Waals surface area (Å²) < 4.78 is 0. The van der Waals surface area contributed by atoms with Gasteiger partial charge >= 0.3 is 0 Å². The first-order chi connectivity index (χ1) is 16.1. The summed E-state index contributed by atoms with van der Waals surface area (Å²) in [4.78, 5) is 23.2. The van der Waals surface area contributed by atoms with Gasteiger partial charge < -0.3 is 21.3 Å². The molecular weight excluding hydrogens is 414 g/mol. The molecule has 4 N–H and O–H groups in total. The van der Waals surface area contributed by atoms with Crippen LogP contribution in [0, 0.1) is 6.92 Å². The lowest BCUT2D eigenvalue weighted by Gasteiger charge is -2.25. The van der Waals surface area contributed by atoms with Crippen molar-refractivity contribution in [3.8, 4) is 0 Å². The number of aryl methyl sites for hydroxylation is 1. The van der Waals surface area contributed by atoms with Gasteiger partial charge in [-0.2, -0.15) is 0 Å². The molecule has 8 heteroatoms. The summed E-state index contributed by atoms with van der Waals surface area (Å²) in [6.07, 6.45) is 5.01. The second-order valence-corrected chi connectivity index (χ2v) is 7.93. The second-order valence-electron chi connectivity index (χ2n) is 7.93. The molecule has 170 valence electrons. The van der Waals surface area contributed by atoms with E-state index in [9.17, 15) is 4.79 Å². The largest absolute Gasteiger partial charge is 0.340 e. The van der Waals surface area contributed by atoms with Crippen molar-refractivity contribution in [2.24, 2.45) is 0 Å². The van der Waals surface area contributed by atoms with Crippen LogP contribution < -0.4 is 21.3 Å². The van der Waals surface area contributed by atoms with Gasteiger partial charge in [0.25, 0.3) is 0 Å². The van der Waals surface area contributed by atoms with Crippen LogP contribution >= 0.6 is 0 Å². The van der Waals surface area contributed by atoms with Crippen LogP contribution in [-0.2, 0) is 4.79 Å². The summed E-state index contributed by atoms with van der Waals surface area (Å²) in [7, 11) is 0. The van der Waals surface area contributed by atoms with Crippen molar-refractivity contribution in [1.29, 1.82) is 0 Å². The molecule has 0 saturated carbocycles. The molecule has 0 atom stereocenters. The number of anilines is 5. The summed E-state index contributed by atoms with van der Waals surface area (Å²) >= 11 is 0. The number of aromatic nitrogens is 2. The highest BCUT2D eigenvalue weighted by atomic mass is 16.1. The Kier molecular flexibility index (Phi) is 7.63. The molecule has 1 amide bonds. The van der Waals surface area contributed by atoms with E-state index < -0.39 is 0 Å². The normalized spacial score (nSPS) is 14.2. The molecule has 8 nitrogen and oxygen atoms in total. The molecule has 0 unspecified atom stereocenters. The van der Waals surface area contributed by atoms with Crippen molar-refractivity contribution in [2.45, 2.75) is 6.92 Å². The number of piperazine rings is 1. The fraction of sp³-hybridized carbons (Fsp3) is 0.240. The van der Waals surface area contributed by atoms with Crippen molar-refractivity contribution < 1.29 is 4.79 Å². The fourth-order valence-electron chi connectivity index (χ4n) is 3.57. The van der Waals surface area contributed by atoms with Crippen LogP contribution in [0.5, 0.6) is 0 Å². The molecule has 2 aromatic carbocycles. The fourth-order valence-corrected chi connectivity index (χ4v) is 3.57. The van der Waals surface area contributed by atoms with Gasteiger partial charge in [-0.15, -0.1) is 0 Å². The quantitative estimate of drug-likeness (QED) is 0.395. The molecule has 1 aliphatic heterocycles. The van der Waals surface area contributed by atoms with Crippen molar-refractivity contribution >= 4 is 34.6 Å². The highest BCUT2D eigenvalue weighted by Gasteiger charge is 2.07. The topological polar surface area (TPSA) is 94.2 Å². The summed E-state index contributed by atoms with van der Waals surface area (Å²) in [5, 5.41) is 12.8. The Bertz CT molecular complexity index is 1110. The van der Waals surface area contributed by atoms with Gasteiger partial charge in [0.15, 0.2) is 0 Å². The summed E-state index contributed by atoms with van der Waals surface area (Å²) in [5.74, 6) is 1.20. The maximum atomic E-state index is 12.3. The van der Waals surface area contributed by atoms with Crippen LogP contribution in [0.1, 0.15) is 5.56 Å². The van der Waals surface area contributed by atoms with Gasteiger partial charge in [0.05, 0.1) is 0 Å². The van der Waals surface area contributed by atoms with Gasteiger partial charge in [-0.3, -0.25) is 9.69 Å². The second kappa shape index (κ2) is 11.2. The highest BCUT2D eigenvalue weighted by Crippen LogP contribution is 2.22. The number of carbonyl (C=O) groups is 1. The monoisotopic (exact) mass is 443 g/mol. The molecule has 1 saturated heterocycles. The maximum absolute atomic E-state index is 12.3. The Balaban J connectivity index is 1.33. The first-order valence-electron chi connectivity index (χ1n) is 11.1. The highest BCUT2D eigenvalue weighted by molar-refractivity contribution is 5.99. The Hall–Kier alpha value is -3.75. The summed E-state index contributed by atoms with van der Waals surface area (Å²) in [6.45, 7) is 6.83. The van der Waals surface area contributed by atoms with Crippen molar-refractivity contribution in [1.82, 2.24) is 20.2 Å². The van der Waals surface area contributed by atoms with E-state index in [0.29, 0.717) is 17.3 Å². The van der Waals surface area contributed by atoms with Crippen LogP contribution in [-0.4, -0.2) is 53.5 Å². The van der Waals surface area contributed by atoms with Crippen LogP contribution in [0.2, 0.25) is 0 Å². The molecule has 0 bridgehead atoms. The van der Waals surface area contributed by atoms with E-state index >= 15 is 0 Å². The van der Waals surface area contributed by atoms with E-state index in [0.717, 1.165) is 44.1 Å². The third-order valence-electron chi connectivity index (χ3n) is 5.20. The molecule has 0 radical (unpaired) electrons. The average molecular weight is 444 g/mol. The van der Waals surface area contributed by atoms with Gasteiger partial charge in [-0.25, -0.2) is 9.97 Å². The Morgan fingerprint density at radius 3 is 2.36 bits per heavy atom. The SMILES string of the molecule is Cc1cccc(Nc2cc(Nc3cccc(NC(=O)/C=C/CN4CCNCC4)c3)ncn2)c1. The number of amides is 1. The molecule has 0 spiro atoms. The minimum absolute atomic E-state index is 0.144. The van der Waals surface area contributed by atoms with Crippen LogP contribution in [0.3, 0.4) is 0 Å². The minimum atomic E-state index is -0.144. The van der Waals surface area contributed by atoms with Crippen molar-refractivity contribution in [3.05, 3.63) is 78.6 Å². The zero-order valence-corrected chi connectivity index (χ0v) is 18.7. The average Bonchev–Trinajstić information content (AvgIpc) is 2.80. The zero-order valence-electron chi connectivity index (χ0n) is 18.7. The number of hydrogen-bond acceptors (Lipinski definition) is 7. The first-order valence-corrected chi connectivity index (χ1v) is 11.1. The Morgan fingerprint density at radius 2 is 1.64 bits per heavy atom. The lowest BCUT2D eigenvalue weighted by atomic mass is 10.2. The Morgan fingerprint density at radius 1 is 0.970 bits per heavy atom. The smallest absolute Gasteiger partial charge is 0.248 e. The molecule has 1 aliphatic rings. The van der Waals surface area contributed by atoms with Gasteiger partial charge in [0.1, 0.15) is 18.0 Å². The Labute approximate surface area is 194 Å². The number of benzene rings is 2. The van der Waals surface area contributed by atoms with E-state index in [1.165, 1.54) is 11.9 Å². The van der Waals surface area contributed by atoms with Crippen molar-refractivity contribution in [2.75, 3.05) is 48.7 Å². The van der Waals surface area contributed by atoms with E-state index in [-0.39, 0.29) is 5.91 Å². The summed E-state index contributed by atoms with van der Waals surface area (Å²) in [6, 6.07) is 17.5. The standard InChI is InChI=1S/C25H29N7O/c1-19-5-2-6-20(15-19)29-23-17-24(28-18-27-23)30-21-7-3-8-22(16-21)31-25(33)9-4-12-32-13-10-26-11-14-32/h2-9,15-18,26H,10-14H2,1H3,(H,31,33)(H2,27,28,29,30)/b9-4+. The number of nitrogens with zero attached hydrogens (tertiary/aromatic N) is 3. The summed E-state index contributed by atoms with van der Waals surface area (Å²) in [5.41, 5.74) is 3.67. The molecule has 33 heavy (non-hydrogen) atoms. The van der Waals surface area contributed by atoms with Gasteiger partial charge in [0.2, 0.25) is 5.91 Å². The molecule has 1 aromatic heterocycles. The number of nitrogens with one attached hydrogen (secondary N) is 4. The van der Waals surface area contributed by atoms with E-state index in [1.54, 1.807) is 6.08 Å². The van der Waals surface area contributed by atoms with Crippen molar-refractivity contribution in [3.63, 3.8) is 0 Å². The number of rotatable bonds is 8. The molecule has 1 fully saturated rings. The zero-order chi connectivity index (χ0) is 22.9. The molecule has 4 rings (SSSR count). The van der Waals surface area contributed by atoms with Gasteiger partial charge in [-0.05, 0) is 42.8 Å². The molecule has 2 heterocycles. The third-order valence-corrected chi connectivity index (χ3v) is 5.20. The molecule has 3 aromatic rings. The van der Waals surface area contributed by atoms with Gasteiger partial charge in [0, 0.05) is 61.9 Å².